The van der Waals surface area contributed by atoms with Crippen molar-refractivity contribution in [2.24, 2.45) is 0 Å². The standard InChI is InChI=1S/C31H31ClN2O5S/c1-38-29-18-27(31(35)33(20-23-10-6-4-7-11-23)21-24-12-8-5-9-13-24)28(19-30(29)39-2)34(40(3,36)37)22-25-14-16-26(32)17-15-25/h4-19H,20-22H2,1-3H3. The molecule has 0 fully saturated rings. The van der Waals surface area contributed by atoms with Crippen molar-refractivity contribution in [1.82, 2.24) is 4.90 Å². The fraction of sp³-hybridized carbons (Fsp3) is 0.194. The lowest BCUT2D eigenvalue weighted by Crippen LogP contribution is -2.34. The lowest BCUT2D eigenvalue weighted by molar-refractivity contribution is 0.0730. The highest BCUT2D eigenvalue weighted by Crippen LogP contribution is 2.38. The Bertz CT molecular complexity index is 1500. The predicted octanol–water partition coefficient (Wildman–Crippen LogP) is 6.17. The van der Waals surface area contributed by atoms with Crippen LogP contribution in [0.1, 0.15) is 27.0 Å². The Balaban J connectivity index is 1.85. The van der Waals surface area contributed by atoms with Crippen molar-refractivity contribution in [2.45, 2.75) is 19.6 Å². The van der Waals surface area contributed by atoms with Gasteiger partial charge >= 0.3 is 0 Å². The number of halogens is 1. The van der Waals surface area contributed by atoms with Crippen LogP contribution in [0.5, 0.6) is 11.5 Å². The van der Waals surface area contributed by atoms with Gasteiger partial charge in [0.25, 0.3) is 5.91 Å². The van der Waals surface area contributed by atoms with Crippen molar-refractivity contribution in [2.75, 3.05) is 24.8 Å². The van der Waals surface area contributed by atoms with E-state index < -0.39 is 10.0 Å². The first-order valence-corrected chi connectivity index (χ1v) is 14.8. The fourth-order valence-corrected chi connectivity index (χ4v) is 5.38. The molecule has 0 spiro atoms. The third kappa shape index (κ3) is 7.14. The van der Waals surface area contributed by atoms with Gasteiger partial charge in [-0.3, -0.25) is 9.10 Å². The molecule has 9 heteroatoms. The number of rotatable bonds is 11. The Hall–Kier alpha value is -4.01. The number of carbonyl (C=O) groups is 1. The van der Waals surface area contributed by atoms with Gasteiger partial charge < -0.3 is 14.4 Å². The summed E-state index contributed by atoms with van der Waals surface area (Å²) >= 11 is 6.05. The van der Waals surface area contributed by atoms with E-state index in [1.165, 1.54) is 24.6 Å². The average Bonchev–Trinajstić information content (AvgIpc) is 2.96. The van der Waals surface area contributed by atoms with Crippen LogP contribution in [0.4, 0.5) is 5.69 Å². The number of methoxy groups -OCH3 is 2. The van der Waals surface area contributed by atoms with Crippen LogP contribution in [0.2, 0.25) is 5.02 Å². The average molecular weight is 579 g/mol. The van der Waals surface area contributed by atoms with Crippen LogP contribution in [0, 0.1) is 0 Å². The highest BCUT2D eigenvalue weighted by Gasteiger charge is 2.29. The molecule has 1 amide bonds. The van der Waals surface area contributed by atoms with Gasteiger partial charge in [-0.2, -0.15) is 0 Å². The molecule has 0 aliphatic carbocycles. The second-order valence-corrected chi connectivity index (χ2v) is 11.6. The largest absolute Gasteiger partial charge is 0.493 e. The van der Waals surface area contributed by atoms with Crippen LogP contribution < -0.4 is 13.8 Å². The maximum absolute atomic E-state index is 14.4. The summed E-state index contributed by atoms with van der Waals surface area (Å²) in [5.41, 5.74) is 2.94. The molecule has 0 N–H and O–H groups in total. The number of ether oxygens (including phenoxy) is 2. The van der Waals surface area contributed by atoms with Crippen molar-refractivity contribution >= 4 is 33.2 Å². The summed E-state index contributed by atoms with van der Waals surface area (Å²) < 4.78 is 38.6. The molecule has 40 heavy (non-hydrogen) atoms. The first-order chi connectivity index (χ1) is 19.2. The van der Waals surface area contributed by atoms with E-state index >= 15 is 0 Å². The van der Waals surface area contributed by atoms with E-state index in [0.717, 1.165) is 17.4 Å². The summed E-state index contributed by atoms with van der Waals surface area (Å²) in [6, 6.07) is 29.3. The number of carbonyl (C=O) groups excluding carboxylic acids is 1. The summed E-state index contributed by atoms with van der Waals surface area (Å²) in [4.78, 5) is 16.1. The number of nitrogens with zero attached hydrogens (tertiary/aromatic N) is 2. The second-order valence-electron chi connectivity index (χ2n) is 9.25. The number of amides is 1. The predicted molar refractivity (Wildman–Crippen MR) is 158 cm³/mol. The highest BCUT2D eigenvalue weighted by molar-refractivity contribution is 7.92. The number of hydrogen-bond acceptors (Lipinski definition) is 5. The van der Waals surface area contributed by atoms with Crippen molar-refractivity contribution < 1.29 is 22.7 Å². The Morgan fingerprint density at radius 3 is 1.68 bits per heavy atom. The van der Waals surface area contributed by atoms with Crippen molar-refractivity contribution in [1.29, 1.82) is 0 Å². The molecule has 0 saturated heterocycles. The maximum atomic E-state index is 14.4. The third-order valence-corrected chi connectivity index (χ3v) is 7.74. The summed E-state index contributed by atoms with van der Waals surface area (Å²) in [5.74, 6) is 0.263. The van der Waals surface area contributed by atoms with E-state index in [1.54, 1.807) is 35.2 Å². The monoisotopic (exact) mass is 578 g/mol. The molecule has 4 rings (SSSR count). The Morgan fingerprint density at radius 2 is 1.20 bits per heavy atom. The number of anilines is 1. The van der Waals surface area contributed by atoms with Gasteiger partial charge in [0.05, 0.1) is 38.3 Å². The molecule has 4 aromatic rings. The minimum absolute atomic E-state index is 0.0108. The molecule has 0 radical (unpaired) electrons. The van der Waals surface area contributed by atoms with E-state index in [2.05, 4.69) is 0 Å². The molecule has 0 aliphatic rings. The molecule has 0 unspecified atom stereocenters. The minimum Gasteiger partial charge on any atom is -0.493 e. The quantitative estimate of drug-likeness (QED) is 0.213. The topological polar surface area (TPSA) is 76.2 Å². The van der Waals surface area contributed by atoms with E-state index in [1.807, 2.05) is 60.7 Å². The van der Waals surface area contributed by atoms with Gasteiger partial charge in [-0.05, 0) is 34.9 Å². The summed E-state index contributed by atoms with van der Waals surface area (Å²) in [5, 5.41) is 0.536. The first-order valence-electron chi connectivity index (χ1n) is 12.5. The normalized spacial score (nSPS) is 11.1. The zero-order chi connectivity index (χ0) is 28.7. The van der Waals surface area contributed by atoms with Gasteiger partial charge in [-0.1, -0.05) is 84.4 Å². The minimum atomic E-state index is -3.84. The van der Waals surface area contributed by atoms with Crippen LogP contribution in [0.3, 0.4) is 0 Å². The molecule has 0 heterocycles. The van der Waals surface area contributed by atoms with Crippen LogP contribution in [-0.4, -0.2) is 39.7 Å². The zero-order valence-electron chi connectivity index (χ0n) is 22.6. The van der Waals surface area contributed by atoms with Crippen LogP contribution in [0.25, 0.3) is 0 Å². The van der Waals surface area contributed by atoms with Crippen LogP contribution >= 0.6 is 11.6 Å². The second kappa shape index (κ2) is 12.9. The number of benzene rings is 4. The number of sulfonamides is 1. The zero-order valence-corrected chi connectivity index (χ0v) is 24.2. The smallest absolute Gasteiger partial charge is 0.256 e. The van der Waals surface area contributed by atoms with Crippen LogP contribution in [0.15, 0.2) is 97.1 Å². The first kappa shape index (κ1) is 29.0. The molecule has 7 nitrogen and oxygen atoms in total. The van der Waals surface area contributed by atoms with Gasteiger partial charge in [0.2, 0.25) is 10.0 Å². The Morgan fingerprint density at radius 1 is 0.725 bits per heavy atom. The highest BCUT2D eigenvalue weighted by atomic mass is 35.5. The lowest BCUT2D eigenvalue weighted by atomic mass is 10.1. The third-order valence-electron chi connectivity index (χ3n) is 6.36. The Kier molecular flexibility index (Phi) is 9.34. The van der Waals surface area contributed by atoms with Gasteiger partial charge in [-0.15, -0.1) is 0 Å². The summed E-state index contributed by atoms with van der Waals surface area (Å²) in [6.07, 6.45) is 1.11. The van der Waals surface area contributed by atoms with Crippen molar-refractivity contribution in [3.8, 4) is 11.5 Å². The molecule has 0 saturated carbocycles. The summed E-state index contributed by atoms with van der Waals surface area (Å²) in [6.45, 7) is 0.625. The van der Waals surface area contributed by atoms with Gasteiger partial charge in [0, 0.05) is 24.2 Å². The van der Waals surface area contributed by atoms with E-state index in [4.69, 9.17) is 21.1 Å². The molecular formula is C31H31ClN2O5S. The molecule has 208 valence electrons. The summed E-state index contributed by atoms with van der Waals surface area (Å²) in [7, 11) is -0.903. The van der Waals surface area contributed by atoms with Crippen molar-refractivity contribution in [3.05, 3.63) is 124 Å². The molecule has 0 aromatic heterocycles. The SMILES string of the molecule is COc1cc(C(=O)N(Cc2ccccc2)Cc2ccccc2)c(N(Cc2ccc(Cl)cc2)S(C)(=O)=O)cc1OC. The number of hydrogen-bond donors (Lipinski definition) is 0. The molecule has 0 bridgehead atoms. The molecule has 0 atom stereocenters. The van der Waals surface area contributed by atoms with E-state index in [0.29, 0.717) is 35.2 Å². The van der Waals surface area contributed by atoms with Crippen molar-refractivity contribution in [3.63, 3.8) is 0 Å². The maximum Gasteiger partial charge on any atom is 0.256 e. The fourth-order valence-electron chi connectivity index (χ4n) is 4.36. The molecule has 0 aliphatic heterocycles. The Labute approximate surface area is 240 Å². The van der Waals surface area contributed by atoms with E-state index in [9.17, 15) is 13.2 Å². The van der Waals surface area contributed by atoms with Gasteiger partial charge in [-0.25, -0.2) is 8.42 Å². The van der Waals surface area contributed by atoms with Gasteiger partial charge in [0.1, 0.15) is 0 Å². The molecular weight excluding hydrogens is 548 g/mol. The van der Waals surface area contributed by atoms with E-state index in [-0.39, 0.29) is 23.7 Å². The molecule has 4 aromatic carbocycles. The lowest BCUT2D eigenvalue weighted by Gasteiger charge is -2.29. The van der Waals surface area contributed by atoms with Gasteiger partial charge in [0.15, 0.2) is 11.5 Å². The van der Waals surface area contributed by atoms with Crippen LogP contribution in [-0.2, 0) is 29.7 Å².